The lowest BCUT2D eigenvalue weighted by Crippen LogP contribution is -2.44. The first-order valence-corrected chi connectivity index (χ1v) is 12.5. The quantitative estimate of drug-likeness (QED) is 0.451. The van der Waals surface area contributed by atoms with E-state index in [2.05, 4.69) is 12.0 Å². The van der Waals surface area contributed by atoms with Crippen LogP contribution in [0, 0.1) is 5.82 Å². The molecule has 6 nitrogen and oxygen atoms in total. The summed E-state index contributed by atoms with van der Waals surface area (Å²) in [5.41, 5.74) is 2.63. The Morgan fingerprint density at radius 2 is 1.89 bits per heavy atom. The number of piperidine rings is 1. The summed E-state index contributed by atoms with van der Waals surface area (Å²) in [6, 6.07) is 12.4. The Morgan fingerprint density at radius 1 is 1.09 bits per heavy atom. The third-order valence-corrected chi connectivity index (χ3v) is 7.14. The van der Waals surface area contributed by atoms with Crippen molar-refractivity contribution in [1.82, 2.24) is 14.7 Å². The Bertz CT molecular complexity index is 1260. The molecule has 3 aromatic rings. The van der Waals surface area contributed by atoms with E-state index in [1.165, 1.54) is 6.20 Å². The summed E-state index contributed by atoms with van der Waals surface area (Å²) in [4.78, 5) is 26.9. The van der Waals surface area contributed by atoms with Crippen LogP contribution >= 0.6 is 0 Å². The van der Waals surface area contributed by atoms with Crippen molar-refractivity contribution in [1.29, 1.82) is 0 Å². The van der Waals surface area contributed by atoms with Gasteiger partial charge in [0.1, 0.15) is 11.4 Å². The van der Waals surface area contributed by atoms with Crippen molar-refractivity contribution < 1.29 is 19.1 Å². The number of carboxylic acid groups (broad SMARTS) is 1. The monoisotopic (exact) mass is 475 g/mol. The lowest BCUT2D eigenvalue weighted by molar-refractivity contribution is 0.0595. The maximum absolute atomic E-state index is 15.8. The van der Waals surface area contributed by atoms with Crippen LogP contribution in [0.5, 0.6) is 0 Å². The number of nitrogens with zero attached hydrogens (tertiary/aromatic N) is 3. The number of halogens is 1. The summed E-state index contributed by atoms with van der Waals surface area (Å²) in [6.07, 6.45) is 8.18. The molecule has 1 saturated carbocycles. The molecule has 1 N–H and O–H groups in total. The first-order chi connectivity index (χ1) is 17.0. The highest BCUT2D eigenvalue weighted by Gasteiger charge is 2.33. The van der Waals surface area contributed by atoms with Gasteiger partial charge >= 0.3 is 5.97 Å². The molecule has 5 rings (SSSR count). The minimum Gasteiger partial charge on any atom is -0.478 e. The predicted octanol–water partition coefficient (Wildman–Crippen LogP) is 6.05. The number of likely N-dealkylation sites (tertiary alicyclic amines) is 1. The van der Waals surface area contributed by atoms with Gasteiger partial charge in [0.2, 0.25) is 0 Å². The smallest absolute Gasteiger partial charge is 0.339 e. The fraction of sp³-hybridized carbons (Fsp3) is 0.393. The van der Waals surface area contributed by atoms with Crippen LogP contribution in [0.25, 0.3) is 16.8 Å². The summed E-state index contributed by atoms with van der Waals surface area (Å²) in [6.45, 7) is 2.77. The highest BCUT2D eigenvalue weighted by atomic mass is 19.1. The molecule has 182 valence electrons. The number of benzene rings is 2. The van der Waals surface area contributed by atoms with Gasteiger partial charge in [-0.05, 0) is 62.3 Å². The van der Waals surface area contributed by atoms with Gasteiger partial charge in [-0.15, -0.1) is 0 Å². The van der Waals surface area contributed by atoms with Crippen molar-refractivity contribution in [2.24, 2.45) is 0 Å². The molecule has 0 bridgehead atoms. The number of aromatic carboxylic acids is 1. The molecular weight excluding hydrogens is 445 g/mol. The predicted molar refractivity (Wildman–Crippen MR) is 131 cm³/mol. The van der Waals surface area contributed by atoms with Crippen LogP contribution in [0.15, 0.2) is 48.7 Å². The highest BCUT2D eigenvalue weighted by molar-refractivity contribution is 5.96. The van der Waals surface area contributed by atoms with Crippen LogP contribution in [0.4, 0.5) is 4.39 Å². The van der Waals surface area contributed by atoms with Crippen LogP contribution in [0.2, 0.25) is 0 Å². The second kappa shape index (κ2) is 9.64. The van der Waals surface area contributed by atoms with E-state index in [0.717, 1.165) is 44.9 Å². The number of amides is 1. The van der Waals surface area contributed by atoms with Gasteiger partial charge in [0.25, 0.3) is 5.91 Å². The SMILES string of the molecule is CCC[C@H]1CCCCN1C(=O)c1cccc(-c2cccc(-n3ncc(C(=O)O)c3C3CC3)c2)c1F. The number of carbonyl (C=O) groups is 2. The van der Waals surface area contributed by atoms with E-state index in [-0.39, 0.29) is 29.0 Å². The second-order valence-corrected chi connectivity index (χ2v) is 9.59. The molecule has 0 radical (unpaired) electrons. The van der Waals surface area contributed by atoms with Crippen molar-refractivity contribution in [3.05, 3.63) is 71.3 Å². The molecule has 2 fully saturated rings. The Hall–Kier alpha value is -3.48. The van der Waals surface area contributed by atoms with E-state index in [0.29, 0.717) is 29.1 Å². The molecule has 2 aromatic carbocycles. The third kappa shape index (κ3) is 4.47. The van der Waals surface area contributed by atoms with Crippen molar-refractivity contribution >= 4 is 11.9 Å². The maximum atomic E-state index is 15.8. The molecule has 1 atom stereocenters. The summed E-state index contributed by atoms with van der Waals surface area (Å²) in [5, 5.41) is 13.9. The van der Waals surface area contributed by atoms with Crippen LogP contribution < -0.4 is 0 Å². The van der Waals surface area contributed by atoms with E-state index in [1.54, 1.807) is 41.1 Å². The normalized spacial score (nSPS) is 18.0. The molecule has 2 aliphatic rings. The Morgan fingerprint density at radius 3 is 2.63 bits per heavy atom. The van der Waals surface area contributed by atoms with Gasteiger partial charge in [-0.25, -0.2) is 13.9 Å². The zero-order valence-electron chi connectivity index (χ0n) is 19.9. The fourth-order valence-electron chi connectivity index (χ4n) is 5.26. The summed E-state index contributed by atoms with van der Waals surface area (Å²) >= 11 is 0. The van der Waals surface area contributed by atoms with Crippen LogP contribution in [-0.2, 0) is 0 Å². The summed E-state index contributed by atoms with van der Waals surface area (Å²) in [5.74, 6) is -1.59. The number of carboxylic acids is 1. The summed E-state index contributed by atoms with van der Waals surface area (Å²) < 4.78 is 17.4. The average Bonchev–Trinajstić information content (AvgIpc) is 3.61. The van der Waals surface area contributed by atoms with Crippen molar-refractivity contribution in [3.63, 3.8) is 0 Å². The Kier molecular flexibility index (Phi) is 6.41. The van der Waals surface area contributed by atoms with Gasteiger partial charge < -0.3 is 10.0 Å². The van der Waals surface area contributed by atoms with Crippen molar-refractivity contribution in [3.8, 4) is 16.8 Å². The molecule has 1 aliphatic heterocycles. The lowest BCUT2D eigenvalue weighted by Gasteiger charge is -2.36. The number of hydrogen-bond acceptors (Lipinski definition) is 3. The van der Waals surface area contributed by atoms with Gasteiger partial charge in [0, 0.05) is 24.1 Å². The van der Waals surface area contributed by atoms with Crippen LogP contribution in [-0.4, -0.2) is 44.3 Å². The van der Waals surface area contributed by atoms with E-state index < -0.39 is 11.8 Å². The van der Waals surface area contributed by atoms with Gasteiger partial charge in [0.05, 0.1) is 23.1 Å². The van der Waals surface area contributed by atoms with Gasteiger partial charge in [0.15, 0.2) is 0 Å². The molecule has 0 spiro atoms. The van der Waals surface area contributed by atoms with Gasteiger partial charge in [-0.2, -0.15) is 5.10 Å². The number of rotatable bonds is 7. The van der Waals surface area contributed by atoms with Crippen molar-refractivity contribution in [2.45, 2.75) is 63.8 Å². The first kappa shape index (κ1) is 23.3. The molecule has 2 heterocycles. The van der Waals surface area contributed by atoms with Gasteiger partial charge in [-0.1, -0.05) is 37.6 Å². The second-order valence-electron chi connectivity index (χ2n) is 9.59. The molecule has 1 amide bonds. The topological polar surface area (TPSA) is 75.4 Å². The molecule has 1 aliphatic carbocycles. The zero-order valence-corrected chi connectivity index (χ0v) is 19.9. The van der Waals surface area contributed by atoms with E-state index in [9.17, 15) is 14.7 Å². The number of aromatic nitrogens is 2. The van der Waals surface area contributed by atoms with E-state index in [4.69, 9.17) is 0 Å². The van der Waals surface area contributed by atoms with E-state index >= 15 is 4.39 Å². The third-order valence-electron chi connectivity index (χ3n) is 7.14. The van der Waals surface area contributed by atoms with E-state index in [1.807, 2.05) is 11.0 Å². The summed E-state index contributed by atoms with van der Waals surface area (Å²) in [7, 11) is 0. The van der Waals surface area contributed by atoms with Gasteiger partial charge in [-0.3, -0.25) is 4.79 Å². The number of carbonyl (C=O) groups excluding carboxylic acids is 1. The lowest BCUT2D eigenvalue weighted by atomic mass is 9.96. The molecule has 0 unspecified atom stereocenters. The fourth-order valence-corrected chi connectivity index (χ4v) is 5.26. The number of hydrogen-bond donors (Lipinski definition) is 1. The van der Waals surface area contributed by atoms with Crippen molar-refractivity contribution in [2.75, 3.05) is 6.54 Å². The molecule has 1 aromatic heterocycles. The molecular formula is C28H30FN3O3. The first-order valence-electron chi connectivity index (χ1n) is 12.5. The van der Waals surface area contributed by atoms with Crippen LogP contribution in [0.1, 0.15) is 84.2 Å². The molecule has 7 heteroatoms. The zero-order chi connectivity index (χ0) is 24.5. The minimum absolute atomic E-state index is 0.0989. The Balaban J connectivity index is 1.50. The highest BCUT2D eigenvalue weighted by Crippen LogP contribution is 2.42. The largest absolute Gasteiger partial charge is 0.478 e. The standard InChI is InChI=1S/C28H30FN3O3/c1-2-7-20-9-3-4-15-31(20)27(33)23-12-6-11-22(25(23)29)19-8-5-10-21(16-19)32-26(18-13-14-18)24(17-30-32)28(34)35/h5-6,8,10-12,16-18,20H,2-4,7,9,13-15H2,1H3,(H,34,35)/t20-/m0/s1. The average molecular weight is 476 g/mol. The maximum Gasteiger partial charge on any atom is 0.339 e. The van der Waals surface area contributed by atoms with Crippen LogP contribution in [0.3, 0.4) is 0 Å². The molecule has 35 heavy (non-hydrogen) atoms. The Labute approximate surface area is 204 Å². The molecule has 1 saturated heterocycles. The minimum atomic E-state index is -0.995.